The predicted molar refractivity (Wildman–Crippen MR) is 54.1 cm³/mol. The van der Waals surface area contributed by atoms with Crippen LogP contribution in [0.15, 0.2) is 17.8 Å². The molecule has 0 saturated heterocycles. The Balaban J connectivity index is 2.89. The summed E-state index contributed by atoms with van der Waals surface area (Å²) < 4.78 is 0. The minimum atomic E-state index is 0.597. The van der Waals surface area contributed by atoms with Gasteiger partial charge in [0, 0.05) is 12.7 Å². The van der Waals surface area contributed by atoms with Crippen LogP contribution >= 0.6 is 0 Å². The van der Waals surface area contributed by atoms with Crippen molar-refractivity contribution in [2.75, 3.05) is 6.54 Å². The fraction of sp³-hybridized carbons (Fsp3) is 0.400. The standard InChI is InChI=1S/C10H15N3/c1-3-9(7-11)6-10-4-5-12-8(2)13-10/h4-6H,3,7,11H2,1-2H3/b9-6-. The van der Waals surface area contributed by atoms with Crippen molar-refractivity contribution in [1.29, 1.82) is 0 Å². The highest BCUT2D eigenvalue weighted by atomic mass is 14.9. The van der Waals surface area contributed by atoms with Crippen molar-refractivity contribution in [3.05, 3.63) is 29.4 Å². The Bertz CT molecular complexity index is 299. The molecule has 1 aromatic heterocycles. The first-order chi connectivity index (χ1) is 6.26. The van der Waals surface area contributed by atoms with Gasteiger partial charge in [-0.05, 0) is 25.5 Å². The van der Waals surface area contributed by atoms with E-state index in [0.29, 0.717) is 6.54 Å². The van der Waals surface area contributed by atoms with Gasteiger partial charge in [0.05, 0.1) is 5.69 Å². The lowest BCUT2D eigenvalue weighted by molar-refractivity contribution is 1.01. The van der Waals surface area contributed by atoms with Gasteiger partial charge >= 0.3 is 0 Å². The van der Waals surface area contributed by atoms with Crippen molar-refractivity contribution in [3.8, 4) is 0 Å². The minimum Gasteiger partial charge on any atom is -0.327 e. The van der Waals surface area contributed by atoms with E-state index in [9.17, 15) is 0 Å². The summed E-state index contributed by atoms with van der Waals surface area (Å²) in [5, 5.41) is 0. The number of hydrogen-bond donors (Lipinski definition) is 1. The maximum absolute atomic E-state index is 5.56. The lowest BCUT2D eigenvalue weighted by atomic mass is 10.1. The summed E-state index contributed by atoms with van der Waals surface area (Å²) in [5.41, 5.74) is 7.70. The van der Waals surface area contributed by atoms with Crippen molar-refractivity contribution < 1.29 is 0 Å². The second-order valence-electron chi connectivity index (χ2n) is 2.89. The molecule has 1 heterocycles. The summed E-state index contributed by atoms with van der Waals surface area (Å²) in [5.74, 6) is 0.793. The fourth-order valence-electron chi connectivity index (χ4n) is 1.07. The van der Waals surface area contributed by atoms with Gasteiger partial charge in [0.1, 0.15) is 5.82 Å². The van der Waals surface area contributed by atoms with Crippen molar-refractivity contribution in [2.45, 2.75) is 20.3 Å². The van der Waals surface area contributed by atoms with E-state index >= 15 is 0 Å². The number of aromatic nitrogens is 2. The number of rotatable bonds is 3. The van der Waals surface area contributed by atoms with Crippen LogP contribution in [-0.2, 0) is 0 Å². The Hall–Kier alpha value is -1.22. The molecule has 2 N–H and O–H groups in total. The summed E-state index contributed by atoms with van der Waals surface area (Å²) in [7, 11) is 0. The average molecular weight is 177 g/mol. The smallest absolute Gasteiger partial charge is 0.125 e. The van der Waals surface area contributed by atoms with Gasteiger partial charge in [0.15, 0.2) is 0 Å². The number of hydrogen-bond acceptors (Lipinski definition) is 3. The van der Waals surface area contributed by atoms with Crippen LogP contribution in [0.1, 0.15) is 24.9 Å². The quantitative estimate of drug-likeness (QED) is 0.761. The molecule has 0 aromatic carbocycles. The number of nitrogens with two attached hydrogens (primary N) is 1. The zero-order valence-corrected chi connectivity index (χ0v) is 8.12. The molecule has 0 saturated carbocycles. The Labute approximate surface area is 78.7 Å². The highest BCUT2D eigenvalue weighted by molar-refractivity contribution is 5.48. The molecule has 0 aliphatic rings. The number of aryl methyl sites for hydroxylation is 1. The van der Waals surface area contributed by atoms with E-state index in [1.54, 1.807) is 6.20 Å². The van der Waals surface area contributed by atoms with Gasteiger partial charge < -0.3 is 5.73 Å². The molecule has 3 nitrogen and oxygen atoms in total. The SMILES string of the molecule is CC/C(=C/c1ccnc(C)n1)CN. The van der Waals surface area contributed by atoms with Crippen molar-refractivity contribution in [1.82, 2.24) is 9.97 Å². The van der Waals surface area contributed by atoms with Gasteiger partial charge in [-0.25, -0.2) is 9.97 Å². The Morgan fingerprint density at radius 3 is 2.92 bits per heavy atom. The largest absolute Gasteiger partial charge is 0.327 e. The molecule has 0 radical (unpaired) electrons. The first-order valence-corrected chi connectivity index (χ1v) is 4.45. The van der Waals surface area contributed by atoms with E-state index < -0.39 is 0 Å². The lowest BCUT2D eigenvalue weighted by Crippen LogP contribution is -2.02. The highest BCUT2D eigenvalue weighted by Crippen LogP contribution is 2.05. The van der Waals surface area contributed by atoms with Crippen LogP contribution in [0.5, 0.6) is 0 Å². The molecule has 13 heavy (non-hydrogen) atoms. The molecule has 70 valence electrons. The summed E-state index contributed by atoms with van der Waals surface area (Å²) in [4.78, 5) is 8.29. The van der Waals surface area contributed by atoms with Gasteiger partial charge in [0.2, 0.25) is 0 Å². The zero-order chi connectivity index (χ0) is 9.68. The van der Waals surface area contributed by atoms with Crippen LogP contribution in [0.4, 0.5) is 0 Å². The molecule has 0 aliphatic carbocycles. The molecule has 1 aromatic rings. The van der Waals surface area contributed by atoms with Crippen LogP contribution in [-0.4, -0.2) is 16.5 Å². The maximum Gasteiger partial charge on any atom is 0.125 e. The molecule has 1 rings (SSSR count). The van der Waals surface area contributed by atoms with Crippen LogP contribution < -0.4 is 5.73 Å². The molecule has 0 atom stereocenters. The molecule has 0 aliphatic heterocycles. The van der Waals surface area contributed by atoms with Crippen LogP contribution in [0.2, 0.25) is 0 Å². The van der Waals surface area contributed by atoms with E-state index in [0.717, 1.165) is 17.9 Å². The third-order valence-corrected chi connectivity index (χ3v) is 1.87. The molecular formula is C10H15N3. The molecule has 3 heteroatoms. The summed E-state index contributed by atoms with van der Waals surface area (Å²) in [6.45, 7) is 4.57. The summed E-state index contributed by atoms with van der Waals surface area (Å²) in [6, 6.07) is 1.89. The van der Waals surface area contributed by atoms with Crippen molar-refractivity contribution >= 4 is 6.08 Å². The molecule has 0 unspecified atom stereocenters. The Morgan fingerprint density at radius 1 is 1.62 bits per heavy atom. The monoisotopic (exact) mass is 177 g/mol. The average Bonchev–Trinajstić information content (AvgIpc) is 2.14. The Morgan fingerprint density at radius 2 is 2.38 bits per heavy atom. The molecule has 0 spiro atoms. The van der Waals surface area contributed by atoms with Gasteiger partial charge in [-0.15, -0.1) is 0 Å². The number of nitrogens with zero attached hydrogens (tertiary/aromatic N) is 2. The molecular weight excluding hydrogens is 162 g/mol. The molecule has 0 amide bonds. The maximum atomic E-state index is 5.56. The Kier molecular flexibility index (Phi) is 3.58. The highest BCUT2D eigenvalue weighted by Gasteiger charge is 1.94. The first kappa shape index (κ1) is 9.86. The second-order valence-corrected chi connectivity index (χ2v) is 2.89. The third-order valence-electron chi connectivity index (χ3n) is 1.87. The third kappa shape index (κ3) is 2.95. The first-order valence-electron chi connectivity index (χ1n) is 4.45. The molecule has 0 fully saturated rings. The van der Waals surface area contributed by atoms with E-state index in [1.807, 2.05) is 19.1 Å². The topological polar surface area (TPSA) is 51.8 Å². The van der Waals surface area contributed by atoms with Crippen molar-refractivity contribution in [3.63, 3.8) is 0 Å². The zero-order valence-electron chi connectivity index (χ0n) is 8.12. The molecule has 0 bridgehead atoms. The van der Waals surface area contributed by atoms with Gasteiger partial charge in [-0.2, -0.15) is 0 Å². The summed E-state index contributed by atoms with van der Waals surface area (Å²) >= 11 is 0. The van der Waals surface area contributed by atoms with E-state index in [-0.39, 0.29) is 0 Å². The van der Waals surface area contributed by atoms with Gasteiger partial charge in [0.25, 0.3) is 0 Å². The fourth-order valence-corrected chi connectivity index (χ4v) is 1.07. The lowest BCUT2D eigenvalue weighted by Gasteiger charge is -2.00. The normalized spacial score (nSPS) is 11.8. The second kappa shape index (κ2) is 4.72. The van der Waals surface area contributed by atoms with E-state index in [4.69, 9.17) is 5.73 Å². The minimum absolute atomic E-state index is 0.597. The van der Waals surface area contributed by atoms with Crippen LogP contribution in [0.25, 0.3) is 6.08 Å². The van der Waals surface area contributed by atoms with E-state index in [1.165, 1.54) is 5.57 Å². The van der Waals surface area contributed by atoms with Crippen LogP contribution in [0.3, 0.4) is 0 Å². The van der Waals surface area contributed by atoms with E-state index in [2.05, 4.69) is 16.9 Å². The predicted octanol–water partition coefficient (Wildman–Crippen LogP) is 1.54. The van der Waals surface area contributed by atoms with Crippen molar-refractivity contribution in [2.24, 2.45) is 5.73 Å². The van der Waals surface area contributed by atoms with Gasteiger partial charge in [-0.1, -0.05) is 12.5 Å². The summed E-state index contributed by atoms with van der Waals surface area (Å²) in [6.07, 6.45) is 4.76. The van der Waals surface area contributed by atoms with Crippen LogP contribution in [0, 0.1) is 6.92 Å². The van der Waals surface area contributed by atoms with Gasteiger partial charge in [-0.3, -0.25) is 0 Å².